The lowest BCUT2D eigenvalue weighted by Gasteiger charge is -2.30. The molecule has 1 aromatic rings. The molecule has 2 atom stereocenters. The van der Waals surface area contributed by atoms with Crippen LogP contribution in [0.3, 0.4) is 0 Å². The first-order chi connectivity index (χ1) is 10.1. The standard InChI is InChI=1S/C16H25N3OS.ClH/c1-11-9-12(7-8-17-11)16(20)19(2)10-15-18-13-5-3-4-6-14(13)21-15;/h11-12,17H,3-10H2,1-2H3;1H/t11-,12-;/m0./s1. The van der Waals surface area contributed by atoms with Gasteiger partial charge in [0.15, 0.2) is 0 Å². The number of fused-ring (bicyclic) bond motifs is 1. The molecule has 22 heavy (non-hydrogen) atoms. The van der Waals surface area contributed by atoms with Gasteiger partial charge in [-0.05, 0) is 52.0 Å². The van der Waals surface area contributed by atoms with Crippen LogP contribution in [0.1, 0.15) is 48.2 Å². The number of hydrogen-bond donors (Lipinski definition) is 1. The molecule has 6 heteroatoms. The van der Waals surface area contributed by atoms with E-state index in [0.29, 0.717) is 12.6 Å². The molecule has 4 nitrogen and oxygen atoms in total. The second kappa shape index (κ2) is 7.75. The summed E-state index contributed by atoms with van der Waals surface area (Å²) in [5.41, 5.74) is 1.29. The van der Waals surface area contributed by atoms with Crippen LogP contribution in [0.4, 0.5) is 0 Å². The van der Waals surface area contributed by atoms with Gasteiger partial charge in [-0.15, -0.1) is 23.7 Å². The molecule has 1 fully saturated rings. The lowest BCUT2D eigenvalue weighted by atomic mass is 9.92. The summed E-state index contributed by atoms with van der Waals surface area (Å²) in [4.78, 5) is 20.6. The van der Waals surface area contributed by atoms with Crippen molar-refractivity contribution in [3.05, 3.63) is 15.6 Å². The fourth-order valence-corrected chi connectivity index (χ4v) is 4.63. The number of nitrogens with one attached hydrogen (secondary N) is 1. The summed E-state index contributed by atoms with van der Waals surface area (Å²) in [5.74, 6) is 0.470. The molecule has 0 spiro atoms. The number of thiazole rings is 1. The van der Waals surface area contributed by atoms with Gasteiger partial charge in [0, 0.05) is 23.9 Å². The molecule has 0 unspecified atom stereocenters. The number of piperidine rings is 1. The predicted molar refractivity (Wildman–Crippen MR) is 92.7 cm³/mol. The maximum atomic E-state index is 12.6. The van der Waals surface area contributed by atoms with E-state index in [1.165, 1.54) is 29.8 Å². The van der Waals surface area contributed by atoms with Gasteiger partial charge >= 0.3 is 0 Å². The summed E-state index contributed by atoms with van der Waals surface area (Å²) < 4.78 is 0. The van der Waals surface area contributed by atoms with E-state index in [9.17, 15) is 4.79 Å². The number of aryl methyl sites for hydroxylation is 2. The maximum Gasteiger partial charge on any atom is 0.225 e. The van der Waals surface area contributed by atoms with Crippen molar-refractivity contribution in [1.82, 2.24) is 15.2 Å². The van der Waals surface area contributed by atoms with Crippen molar-refractivity contribution in [3.8, 4) is 0 Å². The second-order valence-electron chi connectivity index (χ2n) is 6.46. The summed E-state index contributed by atoms with van der Waals surface area (Å²) in [6, 6.07) is 0.452. The fourth-order valence-electron chi connectivity index (χ4n) is 3.42. The number of amides is 1. The van der Waals surface area contributed by atoms with Gasteiger partial charge < -0.3 is 10.2 Å². The quantitative estimate of drug-likeness (QED) is 0.917. The first-order valence-corrected chi connectivity index (χ1v) is 8.91. The molecule has 3 rings (SSSR count). The van der Waals surface area contributed by atoms with Crippen molar-refractivity contribution in [2.75, 3.05) is 13.6 Å². The van der Waals surface area contributed by atoms with Crippen LogP contribution >= 0.6 is 23.7 Å². The molecule has 0 aromatic carbocycles. The van der Waals surface area contributed by atoms with Crippen LogP contribution in [0.5, 0.6) is 0 Å². The fraction of sp³-hybridized carbons (Fsp3) is 0.750. The van der Waals surface area contributed by atoms with Gasteiger partial charge in [0.25, 0.3) is 0 Å². The minimum Gasteiger partial charge on any atom is -0.339 e. The second-order valence-corrected chi connectivity index (χ2v) is 7.62. The first-order valence-electron chi connectivity index (χ1n) is 8.09. The van der Waals surface area contributed by atoms with E-state index in [1.54, 1.807) is 0 Å². The van der Waals surface area contributed by atoms with Crippen molar-refractivity contribution in [3.63, 3.8) is 0 Å². The molecule has 124 valence electrons. The number of rotatable bonds is 3. The summed E-state index contributed by atoms with van der Waals surface area (Å²) in [6.07, 6.45) is 6.76. The molecular weight excluding hydrogens is 318 g/mol. The van der Waals surface area contributed by atoms with E-state index >= 15 is 0 Å². The summed E-state index contributed by atoms with van der Waals surface area (Å²) in [7, 11) is 1.93. The van der Waals surface area contributed by atoms with Crippen molar-refractivity contribution < 1.29 is 4.79 Å². The zero-order valence-electron chi connectivity index (χ0n) is 13.4. The number of carbonyl (C=O) groups is 1. The smallest absolute Gasteiger partial charge is 0.225 e. The van der Waals surface area contributed by atoms with E-state index in [2.05, 4.69) is 12.2 Å². The third-order valence-corrected chi connectivity index (χ3v) is 5.75. The van der Waals surface area contributed by atoms with Crippen LogP contribution < -0.4 is 5.32 Å². The summed E-state index contributed by atoms with van der Waals surface area (Å²) in [5, 5.41) is 4.52. The summed E-state index contributed by atoms with van der Waals surface area (Å²) >= 11 is 1.81. The number of carbonyl (C=O) groups excluding carboxylic acids is 1. The third-order valence-electron chi connectivity index (χ3n) is 4.61. The highest BCUT2D eigenvalue weighted by atomic mass is 35.5. The predicted octanol–water partition coefficient (Wildman–Crippen LogP) is 2.79. The minimum absolute atomic E-state index is 0. The monoisotopic (exact) mass is 343 g/mol. The molecular formula is C16H26ClN3OS. The molecule has 1 aromatic heterocycles. The Kier molecular flexibility index (Phi) is 6.24. The molecule has 0 saturated carbocycles. The van der Waals surface area contributed by atoms with Gasteiger partial charge in [-0.3, -0.25) is 4.79 Å². The Morgan fingerprint density at radius 1 is 1.41 bits per heavy atom. The SMILES string of the molecule is C[C@H]1C[C@@H](C(=O)N(C)Cc2nc3c(s2)CCCC3)CCN1.Cl. The highest BCUT2D eigenvalue weighted by Gasteiger charge is 2.27. The van der Waals surface area contributed by atoms with Crippen LogP contribution in [-0.2, 0) is 24.2 Å². The summed E-state index contributed by atoms with van der Waals surface area (Å²) in [6.45, 7) is 3.79. The Bertz CT molecular complexity index is 496. The Labute approximate surface area is 143 Å². The van der Waals surface area contributed by atoms with Crippen molar-refractivity contribution in [2.45, 2.75) is 58.0 Å². The highest BCUT2D eigenvalue weighted by molar-refractivity contribution is 7.11. The molecule has 1 aliphatic heterocycles. The van der Waals surface area contributed by atoms with E-state index in [1.807, 2.05) is 23.3 Å². The molecule has 0 bridgehead atoms. The molecule has 1 amide bonds. The van der Waals surface area contributed by atoms with Gasteiger partial charge in [0.1, 0.15) is 5.01 Å². The Hall–Kier alpha value is -0.650. The van der Waals surface area contributed by atoms with Gasteiger partial charge in [0.05, 0.1) is 12.2 Å². The van der Waals surface area contributed by atoms with Gasteiger partial charge in [0.2, 0.25) is 5.91 Å². The topological polar surface area (TPSA) is 45.2 Å². The van der Waals surface area contributed by atoms with Crippen molar-refractivity contribution >= 4 is 29.7 Å². The Morgan fingerprint density at radius 3 is 2.91 bits per heavy atom. The molecule has 1 saturated heterocycles. The number of aromatic nitrogens is 1. The van der Waals surface area contributed by atoms with E-state index < -0.39 is 0 Å². The van der Waals surface area contributed by atoms with E-state index in [4.69, 9.17) is 4.98 Å². The molecule has 0 radical (unpaired) electrons. The van der Waals surface area contributed by atoms with Crippen LogP contribution in [0.25, 0.3) is 0 Å². The van der Waals surface area contributed by atoms with Crippen LogP contribution in [-0.4, -0.2) is 35.4 Å². The Morgan fingerprint density at radius 2 is 2.18 bits per heavy atom. The number of hydrogen-bond acceptors (Lipinski definition) is 4. The largest absolute Gasteiger partial charge is 0.339 e. The zero-order valence-corrected chi connectivity index (χ0v) is 15.1. The van der Waals surface area contributed by atoms with Crippen molar-refractivity contribution in [1.29, 1.82) is 0 Å². The highest BCUT2D eigenvalue weighted by Crippen LogP contribution is 2.27. The normalized spacial score (nSPS) is 24.3. The van der Waals surface area contributed by atoms with Crippen LogP contribution in [0.2, 0.25) is 0 Å². The first kappa shape index (κ1) is 17.7. The van der Waals surface area contributed by atoms with E-state index in [-0.39, 0.29) is 24.2 Å². The third kappa shape index (κ3) is 4.00. The molecule has 1 aliphatic carbocycles. The van der Waals surface area contributed by atoms with Crippen molar-refractivity contribution in [2.24, 2.45) is 5.92 Å². The average Bonchev–Trinajstić information content (AvgIpc) is 2.88. The maximum absolute atomic E-state index is 12.6. The van der Waals surface area contributed by atoms with Gasteiger partial charge in [-0.25, -0.2) is 4.98 Å². The lowest BCUT2D eigenvalue weighted by molar-refractivity contribution is -0.135. The molecule has 1 N–H and O–H groups in total. The van der Waals surface area contributed by atoms with E-state index in [0.717, 1.165) is 30.8 Å². The Balaban J connectivity index is 0.00000176. The average molecular weight is 344 g/mol. The zero-order chi connectivity index (χ0) is 14.8. The van der Waals surface area contributed by atoms with Gasteiger partial charge in [-0.1, -0.05) is 0 Å². The minimum atomic E-state index is 0. The van der Waals surface area contributed by atoms with Gasteiger partial charge in [-0.2, -0.15) is 0 Å². The lowest BCUT2D eigenvalue weighted by Crippen LogP contribution is -2.42. The molecule has 2 heterocycles. The number of halogens is 1. The van der Waals surface area contributed by atoms with Crippen LogP contribution in [0.15, 0.2) is 0 Å². The van der Waals surface area contributed by atoms with Crippen LogP contribution in [0, 0.1) is 5.92 Å². The number of nitrogens with zero attached hydrogens (tertiary/aromatic N) is 2. The molecule has 2 aliphatic rings.